The van der Waals surface area contributed by atoms with Gasteiger partial charge in [0.15, 0.2) is 0 Å². The van der Waals surface area contributed by atoms with Crippen LogP contribution < -0.4 is 4.90 Å². The topological polar surface area (TPSA) is 55.8 Å². The van der Waals surface area contributed by atoms with E-state index in [0.717, 1.165) is 18.5 Å². The fourth-order valence-electron chi connectivity index (χ4n) is 3.01. The van der Waals surface area contributed by atoms with E-state index in [2.05, 4.69) is 11.0 Å². The van der Waals surface area contributed by atoms with Crippen LogP contribution in [0.4, 0.5) is 5.69 Å². The fourth-order valence-corrected chi connectivity index (χ4v) is 3.01. The maximum atomic E-state index is 12.3. The third-order valence-corrected chi connectivity index (χ3v) is 4.01. The minimum absolute atomic E-state index is 0.182. The average molecular weight is 319 g/mol. The number of benzene rings is 1. The first-order valence-corrected chi connectivity index (χ1v) is 8.34. The maximum absolute atomic E-state index is 12.3. The Hall–Kier alpha value is -2.04. The number of nitrogens with zero attached hydrogens (tertiary/aromatic N) is 1. The highest BCUT2D eigenvalue weighted by Crippen LogP contribution is 2.31. The molecule has 0 bridgehead atoms. The Kier molecular flexibility index (Phi) is 6.44. The lowest BCUT2D eigenvalue weighted by Crippen LogP contribution is -2.46. The second kappa shape index (κ2) is 8.56. The molecule has 1 aliphatic heterocycles. The molecule has 1 aromatic rings. The number of hydrogen-bond donors (Lipinski definition) is 0. The molecule has 0 fully saturated rings. The summed E-state index contributed by atoms with van der Waals surface area (Å²) in [6.07, 6.45) is 2.63. The Balaban J connectivity index is 2.08. The van der Waals surface area contributed by atoms with Gasteiger partial charge in [-0.2, -0.15) is 0 Å². The molecule has 1 aromatic carbocycles. The van der Waals surface area contributed by atoms with E-state index in [-0.39, 0.29) is 18.0 Å². The molecule has 0 saturated carbocycles. The molecule has 1 atom stereocenters. The first kappa shape index (κ1) is 17.3. The van der Waals surface area contributed by atoms with Crippen LogP contribution in [0, 0.1) is 0 Å². The van der Waals surface area contributed by atoms with Crippen molar-refractivity contribution in [1.82, 2.24) is 0 Å². The van der Waals surface area contributed by atoms with Gasteiger partial charge in [-0.1, -0.05) is 18.2 Å². The van der Waals surface area contributed by atoms with Crippen LogP contribution in [0.5, 0.6) is 0 Å². The summed E-state index contributed by atoms with van der Waals surface area (Å²) < 4.78 is 10.2. The summed E-state index contributed by atoms with van der Waals surface area (Å²) in [7, 11) is 0. The van der Waals surface area contributed by atoms with E-state index in [1.807, 2.05) is 25.1 Å². The minimum Gasteiger partial charge on any atom is -0.466 e. The number of ether oxygens (including phenoxy) is 2. The molecule has 0 unspecified atom stereocenters. The van der Waals surface area contributed by atoms with E-state index in [4.69, 9.17) is 9.47 Å². The smallest absolute Gasteiger partial charge is 0.328 e. The van der Waals surface area contributed by atoms with Crippen molar-refractivity contribution in [2.75, 3.05) is 24.7 Å². The van der Waals surface area contributed by atoms with Gasteiger partial charge in [0.1, 0.15) is 6.04 Å². The molecular formula is C18H25NO4. The van der Waals surface area contributed by atoms with Gasteiger partial charge in [-0.25, -0.2) is 4.79 Å². The third-order valence-electron chi connectivity index (χ3n) is 4.01. The van der Waals surface area contributed by atoms with Gasteiger partial charge < -0.3 is 14.4 Å². The summed E-state index contributed by atoms with van der Waals surface area (Å²) in [5.41, 5.74) is 2.31. The molecule has 5 nitrogen and oxygen atoms in total. The predicted molar refractivity (Wildman–Crippen MR) is 88.4 cm³/mol. The number of hydrogen-bond acceptors (Lipinski definition) is 5. The number of carbonyl (C=O) groups excluding carboxylic acids is 2. The van der Waals surface area contributed by atoms with Crippen LogP contribution in [-0.2, 0) is 25.5 Å². The SMILES string of the molecule is CCOC(=O)CCCN1c2ccccc2CC[C@@H]1C(=O)OCC. The lowest BCUT2D eigenvalue weighted by atomic mass is 9.95. The summed E-state index contributed by atoms with van der Waals surface area (Å²) in [6.45, 7) is 5.04. The zero-order chi connectivity index (χ0) is 16.7. The van der Waals surface area contributed by atoms with Gasteiger partial charge in [0, 0.05) is 18.7 Å². The second-order valence-corrected chi connectivity index (χ2v) is 5.54. The Bertz CT molecular complexity index is 544. The summed E-state index contributed by atoms with van der Waals surface area (Å²) >= 11 is 0. The molecule has 126 valence electrons. The molecule has 0 radical (unpaired) electrons. The molecule has 0 aliphatic carbocycles. The van der Waals surface area contributed by atoms with E-state index in [0.29, 0.717) is 32.6 Å². The summed E-state index contributed by atoms with van der Waals surface area (Å²) in [6, 6.07) is 7.84. The van der Waals surface area contributed by atoms with Gasteiger partial charge in [0.25, 0.3) is 0 Å². The highest BCUT2D eigenvalue weighted by molar-refractivity contribution is 5.81. The van der Waals surface area contributed by atoms with Gasteiger partial charge in [0.05, 0.1) is 13.2 Å². The van der Waals surface area contributed by atoms with Crippen LogP contribution in [0.2, 0.25) is 0 Å². The van der Waals surface area contributed by atoms with Crippen LogP contribution in [0.1, 0.15) is 38.7 Å². The average Bonchev–Trinajstić information content (AvgIpc) is 2.55. The molecule has 0 N–H and O–H groups in total. The maximum Gasteiger partial charge on any atom is 0.328 e. The molecule has 0 amide bonds. The zero-order valence-electron chi connectivity index (χ0n) is 13.9. The fraction of sp³-hybridized carbons (Fsp3) is 0.556. The number of carbonyl (C=O) groups is 2. The minimum atomic E-state index is -0.271. The van der Waals surface area contributed by atoms with Crippen LogP contribution in [0.15, 0.2) is 24.3 Å². The van der Waals surface area contributed by atoms with E-state index in [1.165, 1.54) is 5.56 Å². The first-order chi connectivity index (χ1) is 11.2. The quantitative estimate of drug-likeness (QED) is 0.723. The molecule has 1 aliphatic rings. The number of fused-ring (bicyclic) bond motifs is 1. The van der Waals surface area contributed by atoms with E-state index in [9.17, 15) is 9.59 Å². The standard InChI is InChI=1S/C18H25NO4/c1-3-22-17(20)10-7-13-19-15-9-6-5-8-14(15)11-12-16(19)18(21)23-4-2/h5-6,8-9,16H,3-4,7,10-13H2,1-2H3/t16-/m1/s1. The number of para-hydroxylation sites is 1. The molecule has 0 aromatic heterocycles. The van der Waals surface area contributed by atoms with Crippen molar-refractivity contribution in [1.29, 1.82) is 0 Å². The third kappa shape index (κ3) is 4.47. The summed E-state index contributed by atoms with van der Waals surface area (Å²) in [5.74, 6) is -0.372. The van der Waals surface area contributed by atoms with Gasteiger partial charge in [-0.15, -0.1) is 0 Å². The first-order valence-electron chi connectivity index (χ1n) is 8.34. The Labute approximate surface area is 137 Å². The van der Waals surface area contributed by atoms with Crippen molar-refractivity contribution >= 4 is 17.6 Å². The van der Waals surface area contributed by atoms with Gasteiger partial charge in [-0.3, -0.25) is 4.79 Å². The van der Waals surface area contributed by atoms with Crippen LogP contribution in [0.3, 0.4) is 0 Å². The van der Waals surface area contributed by atoms with Crippen molar-refractivity contribution in [2.24, 2.45) is 0 Å². The highest BCUT2D eigenvalue weighted by Gasteiger charge is 2.32. The summed E-state index contributed by atoms with van der Waals surface area (Å²) in [5, 5.41) is 0. The Morgan fingerprint density at radius 2 is 1.91 bits per heavy atom. The largest absolute Gasteiger partial charge is 0.466 e. The molecular weight excluding hydrogens is 294 g/mol. The zero-order valence-corrected chi connectivity index (χ0v) is 13.9. The van der Waals surface area contributed by atoms with Crippen molar-refractivity contribution in [3.8, 4) is 0 Å². The molecule has 0 spiro atoms. The Morgan fingerprint density at radius 3 is 2.65 bits per heavy atom. The predicted octanol–water partition coefficient (Wildman–Crippen LogP) is 2.71. The lowest BCUT2D eigenvalue weighted by molar-refractivity contribution is -0.145. The van der Waals surface area contributed by atoms with Gasteiger partial charge >= 0.3 is 11.9 Å². The number of rotatable bonds is 7. The van der Waals surface area contributed by atoms with Crippen LogP contribution >= 0.6 is 0 Å². The van der Waals surface area contributed by atoms with Gasteiger partial charge in [-0.05, 0) is 44.7 Å². The lowest BCUT2D eigenvalue weighted by Gasteiger charge is -2.37. The number of esters is 2. The van der Waals surface area contributed by atoms with Crippen molar-refractivity contribution < 1.29 is 19.1 Å². The molecule has 1 heterocycles. The van der Waals surface area contributed by atoms with Crippen molar-refractivity contribution in [2.45, 2.75) is 45.6 Å². The second-order valence-electron chi connectivity index (χ2n) is 5.54. The summed E-state index contributed by atoms with van der Waals surface area (Å²) in [4.78, 5) is 25.9. The number of aryl methyl sites for hydroxylation is 1. The van der Waals surface area contributed by atoms with E-state index < -0.39 is 0 Å². The number of anilines is 1. The van der Waals surface area contributed by atoms with Gasteiger partial charge in [0.2, 0.25) is 0 Å². The molecule has 0 saturated heterocycles. The molecule has 2 rings (SSSR count). The Morgan fingerprint density at radius 1 is 1.17 bits per heavy atom. The molecule has 23 heavy (non-hydrogen) atoms. The van der Waals surface area contributed by atoms with Crippen LogP contribution in [0.25, 0.3) is 0 Å². The highest BCUT2D eigenvalue weighted by atomic mass is 16.5. The normalized spacial score (nSPS) is 16.6. The van der Waals surface area contributed by atoms with Crippen LogP contribution in [-0.4, -0.2) is 37.7 Å². The van der Waals surface area contributed by atoms with E-state index >= 15 is 0 Å². The van der Waals surface area contributed by atoms with Crippen molar-refractivity contribution in [3.63, 3.8) is 0 Å². The molecule has 5 heteroatoms. The monoisotopic (exact) mass is 319 g/mol. The van der Waals surface area contributed by atoms with Crippen molar-refractivity contribution in [3.05, 3.63) is 29.8 Å². The van der Waals surface area contributed by atoms with E-state index in [1.54, 1.807) is 6.92 Å².